The first-order valence-corrected chi connectivity index (χ1v) is 6.09. The molecule has 3 aromatic rings. The molecule has 0 saturated heterocycles. The summed E-state index contributed by atoms with van der Waals surface area (Å²) in [5, 5.41) is 2.79. The fourth-order valence-electron chi connectivity index (χ4n) is 2.24. The predicted molar refractivity (Wildman–Crippen MR) is 74.1 cm³/mol. The Morgan fingerprint density at radius 3 is 2.84 bits per heavy atom. The average molecular weight is 255 g/mol. The summed E-state index contributed by atoms with van der Waals surface area (Å²) in [5.41, 5.74) is 6.98. The van der Waals surface area contributed by atoms with E-state index in [-0.39, 0.29) is 12.4 Å². The van der Waals surface area contributed by atoms with Gasteiger partial charge in [0.1, 0.15) is 5.58 Å². The molecule has 4 nitrogen and oxygen atoms in total. The molecule has 0 bridgehead atoms. The Bertz CT molecular complexity index is 774. The van der Waals surface area contributed by atoms with Crippen molar-refractivity contribution in [2.24, 2.45) is 0 Å². The first-order valence-electron chi connectivity index (χ1n) is 6.09. The molecule has 0 amide bonds. The largest absolute Gasteiger partial charge is 0.460 e. The smallest absolute Gasteiger partial charge is 0.376 e. The number of carbonyl (C=O) groups excluding carboxylic acids is 1. The third-order valence-corrected chi connectivity index (χ3v) is 3.08. The quantitative estimate of drug-likeness (QED) is 0.713. The van der Waals surface area contributed by atoms with Crippen molar-refractivity contribution in [3.63, 3.8) is 0 Å². The van der Waals surface area contributed by atoms with Gasteiger partial charge in [0.05, 0.1) is 17.7 Å². The molecule has 0 fully saturated rings. The van der Waals surface area contributed by atoms with Crippen LogP contribution < -0.4 is 5.73 Å². The van der Waals surface area contributed by atoms with Gasteiger partial charge in [-0.3, -0.25) is 0 Å². The molecule has 2 aromatic carbocycles. The summed E-state index contributed by atoms with van der Waals surface area (Å²) in [7, 11) is 0. The zero-order valence-electron chi connectivity index (χ0n) is 10.5. The minimum absolute atomic E-state index is 0.0770. The molecule has 0 unspecified atom stereocenters. The van der Waals surface area contributed by atoms with Gasteiger partial charge in [-0.05, 0) is 23.8 Å². The number of rotatable bonds is 2. The number of carbonyl (C=O) groups is 1. The van der Waals surface area contributed by atoms with Crippen LogP contribution in [0.5, 0.6) is 0 Å². The van der Waals surface area contributed by atoms with Gasteiger partial charge < -0.3 is 14.9 Å². The van der Waals surface area contributed by atoms with Crippen molar-refractivity contribution < 1.29 is 13.9 Å². The molecule has 0 atom stereocenters. The molecule has 0 aliphatic carbocycles. The Labute approximate surface area is 109 Å². The third kappa shape index (κ3) is 1.73. The van der Waals surface area contributed by atoms with Crippen molar-refractivity contribution in [1.82, 2.24) is 0 Å². The van der Waals surface area contributed by atoms with Crippen LogP contribution in [0.1, 0.15) is 17.5 Å². The zero-order chi connectivity index (χ0) is 13.4. The molecule has 1 aromatic heterocycles. The van der Waals surface area contributed by atoms with Gasteiger partial charge in [0.15, 0.2) is 0 Å². The average Bonchev–Trinajstić information content (AvgIpc) is 2.77. The maximum atomic E-state index is 11.8. The summed E-state index contributed by atoms with van der Waals surface area (Å²) in [6, 6.07) is 11.6. The molecule has 3 rings (SSSR count). The van der Waals surface area contributed by atoms with Crippen molar-refractivity contribution >= 4 is 33.4 Å². The van der Waals surface area contributed by atoms with E-state index in [4.69, 9.17) is 14.9 Å². The Hall–Kier alpha value is -2.49. The summed E-state index contributed by atoms with van der Waals surface area (Å²) in [5.74, 6) is -0.450. The summed E-state index contributed by atoms with van der Waals surface area (Å²) < 4.78 is 10.5. The van der Waals surface area contributed by atoms with E-state index in [1.807, 2.05) is 36.4 Å². The Morgan fingerprint density at radius 1 is 1.26 bits per heavy atom. The van der Waals surface area contributed by atoms with Crippen LogP contribution in [0.4, 0.5) is 5.69 Å². The highest BCUT2D eigenvalue weighted by molar-refractivity contribution is 6.15. The highest BCUT2D eigenvalue weighted by atomic mass is 16.5. The standard InChI is InChI=1S/C15H13NO3/c1-2-18-15(17)14-13(16)12-10-6-4-3-5-9(10)7-8-11(12)19-14/h3-8H,2,16H2,1H3. The van der Waals surface area contributed by atoms with Crippen LogP contribution in [-0.4, -0.2) is 12.6 Å². The van der Waals surface area contributed by atoms with Gasteiger partial charge in [0.25, 0.3) is 0 Å². The van der Waals surface area contributed by atoms with Gasteiger partial charge in [-0.15, -0.1) is 0 Å². The van der Waals surface area contributed by atoms with Gasteiger partial charge in [-0.2, -0.15) is 0 Å². The van der Waals surface area contributed by atoms with Crippen molar-refractivity contribution in [2.45, 2.75) is 6.92 Å². The second-order valence-corrected chi connectivity index (χ2v) is 4.23. The number of hydrogen-bond acceptors (Lipinski definition) is 4. The van der Waals surface area contributed by atoms with Crippen LogP contribution in [-0.2, 0) is 4.74 Å². The summed E-state index contributed by atoms with van der Waals surface area (Å²) in [4.78, 5) is 11.8. The molecule has 0 spiro atoms. The minimum atomic E-state index is -0.528. The van der Waals surface area contributed by atoms with Crippen LogP contribution in [0.2, 0.25) is 0 Å². The number of hydrogen-bond donors (Lipinski definition) is 1. The fraction of sp³-hybridized carbons (Fsp3) is 0.133. The van der Waals surface area contributed by atoms with Gasteiger partial charge in [-0.25, -0.2) is 4.79 Å². The highest BCUT2D eigenvalue weighted by Gasteiger charge is 2.20. The molecule has 0 radical (unpaired) electrons. The maximum absolute atomic E-state index is 11.8. The molecule has 4 heteroatoms. The second kappa shape index (κ2) is 4.31. The zero-order valence-corrected chi connectivity index (χ0v) is 10.5. The van der Waals surface area contributed by atoms with E-state index in [0.717, 1.165) is 16.2 Å². The van der Waals surface area contributed by atoms with Crippen molar-refractivity contribution in [1.29, 1.82) is 0 Å². The van der Waals surface area contributed by atoms with E-state index in [9.17, 15) is 4.79 Å². The number of nitrogen functional groups attached to an aromatic ring is 1. The van der Waals surface area contributed by atoms with Crippen molar-refractivity contribution in [3.05, 3.63) is 42.2 Å². The first kappa shape index (κ1) is 11.6. The van der Waals surface area contributed by atoms with Gasteiger partial charge >= 0.3 is 5.97 Å². The number of benzene rings is 2. The van der Waals surface area contributed by atoms with Crippen LogP contribution in [0.15, 0.2) is 40.8 Å². The lowest BCUT2D eigenvalue weighted by molar-refractivity contribution is 0.0494. The van der Waals surface area contributed by atoms with Crippen LogP contribution in [0.3, 0.4) is 0 Å². The second-order valence-electron chi connectivity index (χ2n) is 4.23. The van der Waals surface area contributed by atoms with E-state index in [0.29, 0.717) is 11.3 Å². The number of furan rings is 1. The molecule has 1 heterocycles. The third-order valence-electron chi connectivity index (χ3n) is 3.08. The van der Waals surface area contributed by atoms with Gasteiger partial charge in [-0.1, -0.05) is 30.3 Å². The maximum Gasteiger partial charge on any atom is 0.376 e. The molecule has 0 aliphatic heterocycles. The Morgan fingerprint density at radius 2 is 2.05 bits per heavy atom. The number of ether oxygens (including phenoxy) is 1. The lowest BCUT2D eigenvalue weighted by Gasteiger charge is -1.99. The van der Waals surface area contributed by atoms with Crippen molar-refractivity contribution in [3.8, 4) is 0 Å². The molecular formula is C15H13NO3. The van der Waals surface area contributed by atoms with Gasteiger partial charge in [0.2, 0.25) is 5.76 Å². The van der Waals surface area contributed by atoms with Crippen LogP contribution >= 0.6 is 0 Å². The number of anilines is 1. The first-order chi connectivity index (χ1) is 9.22. The van der Waals surface area contributed by atoms with Crippen molar-refractivity contribution in [2.75, 3.05) is 12.3 Å². The lowest BCUT2D eigenvalue weighted by atomic mass is 10.1. The van der Waals surface area contributed by atoms with E-state index >= 15 is 0 Å². The monoisotopic (exact) mass is 255 g/mol. The van der Waals surface area contributed by atoms with Crippen LogP contribution in [0, 0.1) is 0 Å². The summed E-state index contributed by atoms with van der Waals surface area (Å²) >= 11 is 0. The number of nitrogens with two attached hydrogens (primary N) is 1. The van der Waals surface area contributed by atoms with E-state index in [1.54, 1.807) is 6.92 Å². The van der Waals surface area contributed by atoms with Crippen LogP contribution in [0.25, 0.3) is 21.7 Å². The van der Waals surface area contributed by atoms with E-state index in [2.05, 4.69) is 0 Å². The lowest BCUT2D eigenvalue weighted by Crippen LogP contribution is -2.05. The normalized spacial score (nSPS) is 11.0. The molecule has 0 aliphatic rings. The highest BCUT2D eigenvalue weighted by Crippen LogP contribution is 2.34. The number of fused-ring (bicyclic) bond motifs is 3. The van der Waals surface area contributed by atoms with E-state index in [1.165, 1.54) is 0 Å². The SMILES string of the molecule is CCOC(=O)c1oc2ccc3ccccc3c2c1N. The predicted octanol–water partition coefficient (Wildman–Crippen LogP) is 3.34. The topological polar surface area (TPSA) is 65.5 Å². The van der Waals surface area contributed by atoms with E-state index < -0.39 is 5.97 Å². The summed E-state index contributed by atoms with van der Waals surface area (Å²) in [6.45, 7) is 2.03. The summed E-state index contributed by atoms with van der Waals surface area (Å²) in [6.07, 6.45) is 0. The fourth-order valence-corrected chi connectivity index (χ4v) is 2.24. The number of esters is 1. The molecule has 0 saturated carbocycles. The minimum Gasteiger partial charge on any atom is -0.460 e. The molecule has 19 heavy (non-hydrogen) atoms. The Balaban J connectivity index is 2.32. The Kier molecular flexibility index (Phi) is 2.63. The molecule has 96 valence electrons. The molecular weight excluding hydrogens is 242 g/mol. The van der Waals surface area contributed by atoms with Gasteiger partial charge in [0, 0.05) is 0 Å². The molecule has 2 N–H and O–H groups in total.